The second-order valence-electron chi connectivity index (χ2n) is 8.82. The van der Waals surface area contributed by atoms with Gasteiger partial charge in [0.25, 0.3) is 5.56 Å². The lowest BCUT2D eigenvalue weighted by Gasteiger charge is -2.37. The second kappa shape index (κ2) is 6.74. The van der Waals surface area contributed by atoms with E-state index in [4.69, 9.17) is 11.6 Å². The zero-order valence-electron chi connectivity index (χ0n) is 16.8. The van der Waals surface area contributed by atoms with Crippen LogP contribution < -0.4 is 10.9 Å². The van der Waals surface area contributed by atoms with Crippen molar-refractivity contribution in [2.45, 2.75) is 32.6 Å². The molecule has 0 fully saturated rings. The molecule has 1 aliphatic heterocycles. The van der Waals surface area contributed by atoms with Gasteiger partial charge in [0, 0.05) is 28.6 Å². The molecule has 0 saturated heterocycles. The number of aromatic amines is 1. The molecule has 1 atom stereocenters. The molecular weight excluding hydrogens is 398 g/mol. The van der Waals surface area contributed by atoms with E-state index in [1.807, 2.05) is 48.5 Å². The van der Waals surface area contributed by atoms with E-state index >= 15 is 0 Å². The summed E-state index contributed by atoms with van der Waals surface area (Å²) < 4.78 is 1.53. The first kappa shape index (κ1) is 18.9. The summed E-state index contributed by atoms with van der Waals surface area (Å²) >= 11 is 6.28. The van der Waals surface area contributed by atoms with Crippen LogP contribution in [0.5, 0.6) is 0 Å². The van der Waals surface area contributed by atoms with E-state index in [9.17, 15) is 9.59 Å². The SMILES string of the molecule is CC1(C)CC(=O)C2=C(C1)Nc1[nH]n(-c3ccccc3)c(=O)c1[C@@H]2c1cccc(Cl)c1. The van der Waals surface area contributed by atoms with Gasteiger partial charge in [-0.2, -0.15) is 0 Å². The number of H-pyrrole nitrogens is 1. The third-order valence-corrected chi connectivity index (χ3v) is 6.13. The van der Waals surface area contributed by atoms with Gasteiger partial charge in [0.05, 0.1) is 11.3 Å². The lowest BCUT2D eigenvalue weighted by molar-refractivity contribution is -0.118. The van der Waals surface area contributed by atoms with Crippen LogP contribution >= 0.6 is 11.6 Å². The average Bonchev–Trinajstić information content (AvgIpc) is 3.02. The Morgan fingerprint density at radius 2 is 1.80 bits per heavy atom. The summed E-state index contributed by atoms with van der Waals surface area (Å²) in [6.45, 7) is 4.19. The normalized spacial score (nSPS) is 19.8. The van der Waals surface area contributed by atoms with Crippen molar-refractivity contribution in [1.29, 1.82) is 0 Å². The van der Waals surface area contributed by atoms with Gasteiger partial charge in [0.1, 0.15) is 5.82 Å². The Hall–Kier alpha value is -3.05. The Labute approximate surface area is 179 Å². The summed E-state index contributed by atoms with van der Waals surface area (Å²) in [5.74, 6) is 0.265. The molecule has 0 unspecified atom stereocenters. The number of nitrogens with one attached hydrogen (secondary N) is 2. The molecule has 1 aromatic heterocycles. The van der Waals surface area contributed by atoms with E-state index in [2.05, 4.69) is 24.3 Å². The number of hydrogen-bond acceptors (Lipinski definition) is 3. The van der Waals surface area contributed by atoms with Crippen LogP contribution in [0.15, 0.2) is 70.7 Å². The molecule has 5 rings (SSSR count). The monoisotopic (exact) mass is 419 g/mol. The molecule has 0 bridgehead atoms. The fraction of sp³-hybridized carbons (Fsp3) is 0.250. The van der Waals surface area contributed by atoms with Crippen molar-refractivity contribution in [1.82, 2.24) is 9.78 Å². The number of rotatable bonds is 2. The van der Waals surface area contributed by atoms with Crippen molar-refractivity contribution in [3.63, 3.8) is 0 Å². The molecular formula is C24H22ClN3O2. The maximum atomic E-state index is 13.5. The number of halogens is 1. The van der Waals surface area contributed by atoms with E-state index in [0.29, 0.717) is 28.4 Å². The molecule has 152 valence electrons. The van der Waals surface area contributed by atoms with E-state index in [1.165, 1.54) is 4.68 Å². The first-order chi connectivity index (χ1) is 14.3. The van der Waals surface area contributed by atoms with E-state index in [-0.39, 0.29) is 16.8 Å². The van der Waals surface area contributed by atoms with Gasteiger partial charge < -0.3 is 5.32 Å². The van der Waals surface area contributed by atoms with Crippen LogP contribution in [0.1, 0.15) is 43.7 Å². The quantitative estimate of drug-likeness (QED) is 0.612. The summed E-state index contributed by atoms with van der Waals surface area (Å²) in [4.78, 5) is 26.8. The maximum absolute atomic E-state index is 13.5. The maximum Gasteiger partial charge on any atom is 0.277 e. The molecule has 0 saturated carbocycles. The number of ketones is 1. The Bertz CT molecular complexity index is 1250. The number of aromatic nitrogens is 2. The number of para-hydroxylation sites is 1. The molecule has 2 N–H and O–H groups in total. The fourth-order valence-electron chi connectivity index (χ4n) is 4.67. The minimum Gasteiger partial charge on any atom is -0.343 e. The number of anilines is 1. The van der Waals surface area contributed by atoms with Crippen LogP contribution in [-0.2, 0) is 4.79 Å². The standard InChI is InChI=1S/C24H22ClN3O2/c1-24(2)12-17-20(18(29)13-24)19(14-7-6-8-15(25)11-14)21-22(26-17)27-28(23(21)30)16-9-4-3-5-10-16/h3-11,19,26-27H,12-13H2,1-2H3/t19-/m1/s1. The minimum absolute atomic E-state index is 0.0798. The highest BCUT2D eigenvalue weighted by atomic mass is 35.5. The van der Waals surface area contributed by atoms with Gasteiger partial charge in [-0.25, -0.2) is 4.68 Å². The van der Waals surface area contributed by atoms with E-state index in [1.54, 1.807) is 6.07 Å². The largest absolute Gasteiger partial charge is 0.343 e. The number of allylic oxidation sites excluding steroid dienone is 2. The highest BCUT2D eigenvalue weighted by molar-refractivity contribution is 6.30. The van der Waals surface area contributed by atoms with Crippen molar-refractivity contribution >= 4 is 23.2 Å². The Morgan fingerprint density at radius 1 is 1.03 bits per heavy atom. The third kappa shape index (κ3) is 3.01. The molecule has 3 aromatic rings. The van der Waals surface area contributed by atoms with Crippen molar-refractivity contribution in [3.8, 4) is 5.69 Å². The van der Waals surface area contributed by atoms with Crippen molar-refractivity contribution in [2.24, 2.45) is 5.41 Å². The molecule has 5 nitrogen and oxygen atoms in total. The first-order valence-electron chi connectivity index (χ1n) is 10.0. The average molecular weight is 420 g/mol. The van der Waals surface area contributed by atoms with E-state index in [0.717, 1.165) is 23.4 Å². The lowest BCUT2D eigenvalue weighted by atomic mass is 9.69. The van der Waals surface area contributed by atoms with Gasteiger partial charge in [0.2, 0.25) is 0 Å². The molecule has 6 heteroatoms. The molecule has 0 spiro atoms. The van der Waals surface area contributed by atoms with Gasteiger partial charge in [-0.05, 0) is 41.7 Å². The fourth-order valence-corrected chi connectivity index (χ4v) is 4.87. The molecule has 0 radical (unpaired) electrons. The van der Waals surface area contributed by atoms with Crippen LogP contribution in [0, 0.1) is 5.41 Å². The summed E-state index contributed by atoms with van der Waals surface area (Å²) in [7, 11) is 0. The van der Waals surface area contributed by atoms with Crippen molar-refractivity contribution in [3.05, 3.63) is 92.4 Å². The Kier molecular flexibility index (Phi) is 4.26. The minimum atomic E-state index is -0.452. The molecule has 30 heavy (non-hydrogen) atoms. The number of carbonyl (C=O) groups excluding carboxylic acids is 1. The van der Waals surface area contributed by atoms with Gasteiger partial charge in [-0.3, -0.25) is 14.7 Å². The number of carbonyl (C=O) groups is 1. The zero-order chi connectivity index (χ0) is 21.0. The third-order valence-electron chi connectivity index (χ3n) is 5.90. The summed E-state index contributed by atoms with van der Waals surface area (Å²) in [6.07, 6.45) is 1.19. The zero-order valence-corrected chi connectivity index (χ0v) is 17.6. The lowest BCUT2D eigenvalue weighted by Crippen LogP contribution is -2.35. The van der Waals surface area contributed by atoms with Crippen LogP contribution in [0.25, 0.3) is 5.69 Å². The second-order valence-corrected chi connectivity index (χ2v) is 9.26. The van der Waals surface area contributed by atoms with Crippen LogP contribution in [0.2, 0.25) is 5.02 Å². The number of hydrogen-bond donors (Lipinski definition) is 2. The molecule has 2 aliphatic rings. The topological polar surface area (TPSA) is 66.9 Å². The van der Waals surface area contributed by atoms with Crippen molar-refractivity contribution < 1.29 is 4.79 Å². The summed E-state index contributed by atoms with van der Waals surface area (Å²) in [6, 6.07) is 16.9. The molecule has 1 aliphatic carbocycles. The first-order valence-corrected chi connectivity index (χ1v) is 10.4. The van der Waals surface area contributed by atoms with Crippen LogP contribution in [0.3, 0.4) is 0 Å². The van der Waals surface area contributed by atoms with Crippen molar-refractivity contribution in [2.75, 3.05) is 5.32 Å². The number of benzene rings is 2. The highest BCUT2D eigenvalue weighted by Crippen LogP contribution is 2.48. The smallest absolute Gasteiger partial charge is 0.277 e. The number of Topliss-reactive ketones (excluding diaryl/α,β-unsaturated/α-hetero) is 1. The van der Waals surface area contributed by atoms with Gasteiger partial charge in [-0.1, -0.05) is 55.8 Å². The number of fused-ring (bicyclic) bond motifs is 1. The predicted octanol–water partition coefficient (Wildman–Crippen LogP) is 5.02. The summed E-state index contributed by atoms with van der Waals surface area (Å²) in [5.41, 5.74) is 3.40. The Balaban J connectivity index is 1.76. The van der Waals surface area contributed by atoms with Crippen LogP contribution in [-0.4, -0.2) is 15.6 Å². The molecule has 0 amide bonds. The van der Waals surface area contributed by atoms with Gasteiger partial charge in [-0.15, -0.1) is 0 Å². The summed E-state index contributed by atoms with van der Waals surface area (Å²) in [5, 5.41) is 7.18. The molecule has 2 aromatic carbocycles. The van der Waals surface area contributed by atoms with Crippen LogP contribution in [0.4, 0.5) is 5.82 Å². The van der Waals surface area contributed by atoms with E-state index < -0.39 is 5.92 Å². The van der Waals surface area contributed by atoms with Gasteiger partial charge >= 0.3 is 0 Å². The highest BCUT2D eigenvalue weighted by Gasteiger charge is 2.42. The molecule has 2 heterocycles. The Morgan fingerprint density at radius 3 is 2.53 bits per heavy atom. The predicted molar refractivity (Wildman–Crippen MR) is 118 cm³/mol. The van der Waals surface area contributed by atoms with Gasteiger partial charge in [0.15, 0.2) is 5.78 Å². The number of nitrogens with zero attached hydrogens (tertiary/aromatic N) is 1.